The third-order valence-corrected chi connectivity index (χ3v) is 5.07. The molecule has 1 N–H and O–H groups in total. The molecule has 0 bridgehead atoms. The van der Waals surface area contributed by atoms with Gasteiger partial charge in [0.1, 0.15) is 11.5 Å². The lowest BCUT2D eigenvalue weighted by atomic mass is 10.0. The molecule has 138 valence electrons. The Morgan fingerprint density at radius 1 is 1.23 bits per heavy atom. The number of fused-ring (bicyclic) bond motifs is 1. The second-order valence-electron chi connectivity index (χ2n) is 6.75. The summed E-state index contributed by atoms with van der Waals surface area (Å²) in [6.45, 7) is 4.72. The Hall–Kier alpha value is -2.25. The van der Waals surface area contributed by atoms with Crippen molar-refractivity contribution in [1.82, 2.24) is 20.0 Å². The van der Waals surface area contributed by atoms with Crippen LogP contribution in [0.1, 0.15) is 16.2 Å². The highest BCUT2D eigenvalue weighted by Crippen LogP contribution is 2.27. The molecule has 0 radical (unpaired) electrons. The number of hydrogen-bond acceptors (Lipinski definition) is 4. The first kappa shape index (κ1) is 18.5. The molecule has 8 heteroatoms. The SMILES string of the molecule is Cc1cc(=O)c(C(=O)N2C[C@H]3CNC[C@H]3C2)nn1-c1ccccc1F.Cl. The predicted octanol–water partition coefficient (Wildman–Crippen LogP) is 1.39. The average molecular weight is 379 g/mol. The molecule has 2 aliphatic heterocycles. The number of carbonyl (C=O) groups is 1. The zero-order valence-corrected chi connectivity index (χ0v) is 15.1. The lowest BCUT2D eigenvalue weighted by molar-refractivity contribution is 0.0772. The van der Waals surface area contributed by atoms with Crippen molar-refractivity contribution in [2.75, 3.05) is 26.2 Å². The van der Waals surface area contributed by atoms with Gasteiger partial charge in [0.15, 0.2) is 5.69 Å². The molecule has 2 aliphatic rings. The van der Waals surface area contributed by atoms with Crippen LogP contribution in [-0.2, 0) is 0 Å². The highest BCUT2D eigenvalue weighted by atomic mass is 35.5. The van der Waals surface area contributed by atoms with E-state index in [1.54, 1.807) is 30.0 Å². The summed E-state index contributed by atoms with van der Waals surface area (Å²) in [5, 5.41) is 7.52. The van der Waals surface area contributed by atoms with Gasteiger partial charge in [-0.05, 0) is 30.9 Å². The molecule has 2 atom stereocenters. The van der Waals surface area contributed by atoms with Crippen LogP contribution in [0.15, 0.2) is 35.1 Å². The standard InChI is InChI=1S/C18H19FN4O2.ClH/c1-11-6-16(24)17(21-23(11)15-5-3-2-4-14(15)19)18(25)22-9-12-7-20-8-13(12)10-22;/h2-6,12-13,20H,7-10H2,1H3;1H/t12-,13+;. The van der Waals surface area contributed by atoms with Gasteiger partial charge in [0.2, 0.25) is 5.43 Å². The van der Waals surface area contributed by atoms with Crippen LogP contribution < -0.4 is 10.7 Å². The third kappa shape index (κ3) is 3.12. The highest BCUT2D eigenvalue weighted by Gasteiger charge is 2.39. The van der Waals surface area contributed by atoms with Crippen molar-refractivity contribution in [1.29, 1.82) is 0 Å². The van der Waals surface area contributed by atoms with Crippen molar-refractivity contribution < 1.29 is 9.18 Å². The lowest BCUT2D eigenvalue weighted by Crippen LogP contribution is -2.36. The van der Waals surface area contributed by atoms with Crippen molar-refractivity contribution in [3.05, 3.63) is 57.8 Å². The Kier molecular flexibility index (Phi) is 5.11. The number of rotatable bonds is 2. The molecule has 0 aliphatic carbocycles. The molecule has 6 nitrogen and oxygen atoms in total. The monoisotopic (exact) mass is 378 g/mol. The maximum atomic E-state index is 14.1. The summed E-state index contributed by atoms with van der Waals surface area (Å²) in [6, 6.07) is 7.50. The quantitative estimate of drug-likeness (QED) is 0.857. The largest absolute Gasteiger partial charge is 0.336 e. The predicted molar refractivity (Wildman–Crippen MR) is 97.5 cm³/mol. The maximum absolute atomic E-state index is 14.1. The van der Waals surface area contributed by atoms with E-state index >= 15 is 0 Å². The molecular formula is C18H20ClFN4O2. The van der Waals surface area contributed by atoms with Gasteiger partial charge in [0.05, 0.1) is 0 Å². The van der Waals surface area contributed by atoms with Crippen molar-refractivity contribution >= 4 is 18.3 Å². The van der Waals surface area contributed by atoms with E-state index in [2.05, 4.69) is 10.4 Å². The van der Waals surface area contributed by atoms with Crippen molar-refractivity contribution in [3.63, 3.8) is 0 Å². The normalized spacial score (nSPS) is 21.4. The highest BCUT2D eigenvalue weighted by molar-refractivity contribution is 5.92. The molecule has 1 aromatic carbocycles. The van der Waals surface area contributed by atoms with Crippen LogP contribution in [0.3, 0.4) is 0 Å². The molecule has 0 unspecified atom stereocenters. The van der Waals surface area contributed by atoms with E-state index in [0.29, 0.717) is 30.6 Å². The summed E-state index contributed by atoms with van der Waals surface area (Å²) < 4.78 is 15.4. The first-order valence-corrected chi connectivity index (χ1v) is 8.40. The number of nitrogens with one attached hydrogen (secondary N) is 1. The first-order valence-electron chi connectivity index (χ1n) is 8.40. The van der Waals surface area contributed by atoms with Crippen LogP contribution in [-0.4, -0.2) is 46.8 Å². The first-order chi connectivity index (χ1) is 12.0. The van der Waals surface area contributed by atoms with Gasteiger partial charge in [-0.2, -0.15) is 5.10 Å². The van der Waals surface area contributed by atoms with E-state index in [1.165, 1.54) is 16.8 Å². The fourth-order valence-corrected chi connectivity index (χ4v) is 3.73. The summed E-state index contributed by atoms with van der Waals surface area (Å²) in [5.74, 6) is 0.0396. The van der Waals surface area contributed by atoms with Gasteiger partial charge in [0, 0.05) is 37.9 Å². The summed E-state index contributed by atoms with van der Waals surface area (Å²) in [7, 11) is 0. The number of carbonyl (C=O) groups excluding carboxylic acids is 1. The van der Waals surface area contributed by atoms with Gasteiger partial charge in [-0.25, -0.2) is 9.07 Å². The Morgan fingerprint density at radius 2 is 1.88 bits per heavy atom. The average Bonchev–Trinajstić information content (AvgIpc) is 3.17. The smallest absolute Gasteiger partial charge is 0.278 e. The Balaban J connectivity index is 0.00000196. The Bertz CT molecular complexity index is 889. The van der Waals surface area contributed by atoms with Crippen LogP contribution in [0.25, 0.3) is 5.69 Å². The van der Waals surface area contributed by atoms with E-state index in [9.17, 15) is 14.0 Å². The van der Waals surface area contributed by atoms with E-state index in [-0.39, 0.29) is 29.7 Å². The minimum atomic E-state index is -0.457. The number of amides is 1. The summed E-state index contributed by atoms with van der Waals surface area (Å²) in [5.41, 5.74) is 0.123. The van der Waals surface area contributed by atoms with Crippen LogP contribution >= 0.6 is 12.4 Å². The van der Waals surface area contributed by atoms with Crippen molar-refractivity contribution in [2.45, 2.75) is 6.92 Å². The van der Waals surface area contributed by atoms with E-state index in [4.69, 9.17) is 0 Å². The Labute approximate surface area is 156 Å². The molecule has 3 heterocycles. The molecule has 1 amide bonds. The summed E-state index contributed by atoms with van der Waals surface area (Å²) in [6.07, 6.45) is 0. The zero-order chi connectivity index (χ0) is 17.6. The maximum Gasteiger partial charge on any atom is 0.278 e. The fourth-order valence-electron chi connectivity index (χ4n) is 3.73. The second-order valence-corrected chi connectivity index (χ2v) is 6.75. The minimum Gasteiger partial charge on any atom is -0.336 e. The molecule has 0 spiro atoms. The number of aryl methyl sites for hydroxylation is 1. The number of hydrogen-bond donors (Lipinski definition) is 1. The van der Waals surface area contributed by atoms with Gasteiger partial charge >= 0.3 is 0 Å². The molecule has 2 aromatic rings. The van der Waals surface area contributed by atoms with E-state index in [0.717, 1.165) is 13.1 Å². The van der Waals surface area contributed by atoms with Crippen LogP contribution in [0, 0.1) is 24.6 Å². The fraction of sp³-hybridized carbons (Fsp3) is 0.389. The van der Waals surface area contributed by atoms with Crippen molar-refractivity contribution in [3.8, 4) is 5.69 Å². The third-order valence-electron chi connectivity index (χ3n) is 5.07. The molecule has 2 saturated heterocycles. The number of benzene rings is 1. The number of likely N-dealkylation sites (tertiary alicyclic amines) is 1. The Morgan fingerprint density at radius 3 is 2.54 bits per heavy atom. The van der Waals surface area contributed by atoms with Crippen LogP contribution in [0.2, 0.25) is 0 Å². The van der Waals surface area contributed by atoms with Crippen LogP contribution in [0.4, 0.5) is 4.39 Å². The van der Waals surface area contributed by atoms with Crippen molar-refractivity contribution in [2.24, 2.45) is 11.8 Å². The van der Waals surface area contributed by atoms with E-state index in [1.807, 2.05) is 0 Å². The van der Waals surface area contributed by atoms with Gasteiger partial charge in [-0.15, -0.1) is 12.4 Å². The number of aromatic nitrogens is 2. The number of halogens is 2. The molecule has 0 saturated carbocycles. The zero-order valence-electron chi connectivity index (χ0n) is 14.3. The minimum absolute atomic E-state index is 0. The second kappa shape index (κ2) is 7.17. The molecule has 2 fully saturated rings. The summed E-state index contributed by atoms with van der Waals surface area (Å²) >= 11 is 0. The topological polar surface area (TPSA) is 67.2 Å². The van der Waals surface area contributed by atoms with Gasteiger partial charge < -0.3 is 10.2 Å². The molecular weight excluding hydrogens is 359 g/mol. The van der Waals surface area contributed by atoms with Gasteiger partial charge in [-0.3, -0.25) is 9.59 Å². The lowest BCUT2D eigenvalue weighted by Gasteiger charge is -2.18. The van der Waals surface area contributed by atoms with E-state index < -0.39 is 11.2 Å². The number of nitrogens with zero attached hydrogens (tertiary/aromatic N) is 3. The van der Waals surface area contributed by atoms with Gasteiger partial charge in [0.25, 0.3) is 5.91 Å². The number of para-hydroxylation sites is 1. The molecule has 4 rings (SSSR count). The summed E-state index contributed by atoms with van der Waals surface area (Å²) in [4.78, 5) is 26.8. The molecule has 26 heavy (non-hydrogen) atoms. The molecule has 1 aromatic heterocycles. The van der Waals surface area contributed by atoms with Crippen LogP contribution in [0.5, 0.6) is 0 Å². The van der Waals surface area contributed by atoms with Gasteiger partial charge in [-0.1, -0.05) is 12.1 Å².